The van der Waals surface area contributed by atoms with Gasteiger partial charge in [-0.3, -0.25) is 9.59 Å². The van der Waals surface area contributed by atoms with Crippen LogP contribution in [0.3, 0.4) is 0 Å². The Morgan fingerprint density at radius 3 is 2.68 bits per heavy atom. The van der Waals surface area contributed by atoms with E-state index in [4.69, 9.17) is 4.42 Å². The Morgan fingerprint density at radius 1 is 1.14 bits per heavy atom. The molecular formula is C20H13BrN2O4S. The van der Waals surface area contributed by atoms with Gasteiger partial charge in [-0.1, -0.05) is 45.9 Å². The molecule has 1 N–H and O–H groups in total. The van der Waals surface area contributed by atoms with Gasteiger partial charge in [0.2, 0.25) is 5.91 Å². The van der Waals surface area contributed by atoms with E-state index in [1.807, 2.05) is 24.3 Å². The minimum Gasteiger partial charge on any atom is -0.422 e. The molecule has 4 rings (SSSR count). The fraction of sp³-hybridized carbons (Fsp3) is 0.100. The van der Waals surface area contributed by atoms with Crippen LogP contribution in [0.1, 0.15) is 12.0 Å². The Bertz CT molecular complexity index is 1170. The third kappa shape index (κ3) is 3.93. The third-order valence-corrected chi connectivity index (χ3v) is 5.83. The first-order valence-electron chi connectivity index (χ1n) is 8.37. The molecule has 1 aliphatic heterocycles. The van der Waals surface area contributed by atoms with Crippen molar-refractivity contribution in [1.82, 2.24) is 0 Å². The maximum absolute atomic E-state index is 12.3. The summed E-state index contributed by atoms with van der Waals surface area (Å²) in [6.45, 7) is 0. The first-order chi connectivity index (χ1) is 13.5. The number of fused-ring (bicyclic) bond motifs is 1. The molecule has 2 heterocycles. The maximum Gasteiger partial charge on any atom is 0.346 e. The van der Waals surface area contributed by atoms with Crippen LogP contribution in [0.4, 0.5) is 5.69 Å². The SMILES string of the molecule is O=C(CC1SC(c2cc3ccccc3oc2=O)=NC1=O)Nc1ccc(Br)cc1. The molecular weight excluding hydrogens is 444 g/mol. The molecule has 0 radical (unpaired) electrons. The van der Waals surface area contributed by atoms with E-state index in [1.54, 1.807) is 30.3 Å². The summed E-state index contributed by atoms with van der Waals surface area (Å²) in [6.07, 6.45) is -0.0362. The number of thioether (sulfide) groups is 1. The molecule has 0 aliphatic carbocycles. The van der Waals surface area contributed by atoms with Crippen LogP contribution in [0, 0.1) is 0 Å². The highest BCUT2D eigenvalue weighted by atomic mass is 79.9. The summed E-state index contributed by atoms with van der Waals surface area (Å²) in [4.78, 5) is 40.7. The number of nitrogens with zero attached hydrogens (tertiary/aromatic N) is 1. The summed E-state index contributed by atoms with van der Waals surface area (Å²) in [5.74, 6) is -0.728. The summed E-state index contributed by atoms with van der Waals surface area (Å²) in [6, 6.07) is 15.9. The number of hydrogen-bond acceptors (Lipinski definition) is 5. The van der Waals surface area contributed by atoms with Gasteiger partial charge in [-0.2, -0.15) is 0 Å². The van der Waals surface area contributed by atoms with E-state index >= 15 is 0 Å². The number of aliphatic imine (C=N–C) groups is 1. The van der Waals surface area contributed by atoms with Gasteiger partial charge in [0, 0.05) is 22.0 Å². The van der Waals surface area contributed by atoms with E-state index < -0.39 is 16.8 Å². The van der Waals surface area contributed by atoms with Gasteiger partial charge in [0.25, 0.3) is 5.91 Å². The van der Waals surface area contributed by atoms with Gasteiger partial charge < -0.3 is 9.73 Å². The van der Waals surface area contributed by atoms with Crippen molar-refractivity contribution in [2.24, 2.45) is 4.99 Å². The lowest BCUT2D eigenvalue weighted by molar-refractivity contribution is -0.121. The van der Waals surface area contributed by atoms with Gasteiger partial charge in [0.1, 0.15) is 15.9 Å². The number of carbonyl (C=O) groups is 2. The fourth-order valence-electron chi connectivity index (χ4n) is 2.76. The molecule has 1 unspecified atom stereocenters. The summed E-state index contributed by atoms with van der Waals surface area (Å²) < 4.78 is 6.20. The van der Waals surface area contributed by atoms with Crippen LogP contribution < -0.4 is 10.9 Å². The number of rotatable bonds is 4. The smallest absolute Gasteiger partial charge is 0.346 e. The molecule has 0 saturated heterocycles. The highest BCUT2D eigenvalue weighted by Crippen LogP contribution is 2.29. The topological polar surface area (TPSA) is 88.7 Å². The minimum absolute atomic E-state index is 0.0362. The molecule has 8 heteroatoms. The van der Waals surface area contributed by atoms with Crippen molar-refractivity contribution in [3.63, 3.8) is 0 Å². The number of hydrogen-bond donors (Lipinski definition) is 1. The van der Waals surface area contributed by atoms with Crippen molar-refractivity contribution in [2.45, 2.75) is 11.7 Å². The summed E-state index contributed by atoms with van der Waals surface area (Å²) in [7, 11) is 0. The zero-order chi connectivity index (χ0) is 19.7. The van der Waals surface area contributed by atoms with Crippen LogP contribution in [0.2, 0.25) is 0 Å². The number of amides is 2. The van der Waals surface area contributed by atoms with Crippen molar-refractivity contribution in [3.05, 3.63) is 75.1 Å². The lowest BCUT2D eigenvalue weighted by atomic mass is 10.2. The van der Waals surface area contributed by atoms with Crippen molar-refractivity contribution in [3.8, 4) is 0 Å². The van der Waals surface area contributed by atoms with Gasteiger partial charge in [-0.25, -0.2) is 9.79 Å². The second-order valence-electron chi connectivity index (χ2n) is 6.11. The van der Waals surface area contributed by atoms with Crippen LogP contribution in [0.25, 0.3) is 11.0 Å². The second-order valence-corrected chi connectivity index (χ2v) is 8.21. The van der Waals surface area contributed by atoms with Crippen molar-refractivity contribution >= 4 is 61.2 Å². The molecule has 0 bridgehead atoms. The first kappa shape index (κ1) is 18.6. The number of carbonyl (C=O) groups excluding carboxylic acids is 2. The summed E-state index contributed by atoms with van der Waals surface area (Å²) in [5.41, 5.74) is 0.780. The zero-order valence-electron chi connectivity index (χ0n) is 14.3. The number of benzene rings is 2. The molecule has 1 aromatic heterocycles. The lowest BCUT2D eigenvalue weighted by Gasteiger charge is -2.08. The molecule has 0 spiro atoms. The maximum atomic E-state index is 12.3. The normalized spacial score (nSPS) is 16.2. The van der Waals surface area contributed by atoms with E-state index in [0.717, 1.165) is 21.6 Å². The largest absolute Gasteiger partial charge is 0.422 e. The molecule has 28 heavy (non-hydrogen) atoms. The summed E-state index contributed by atoms with van der Waals surface area (Å²) in [5, 5.41) is 3.10. The molecule has 6 nitrogen and oxygen atoms in total. The highest BCUT2D eigenvalue weighted by molar-refractivity contribution is 9.10. The second kappa shape index (κ2) is 7.73. The van der Waals surface area contributed by atoms with Crippen molar-refractivity contribution in [2.75, 3.05) is 5.32 Å². The number of halogens is 1. The molecule has 0 fully saturated rings. The Morgan fingerprint density at radius 2 is 1.89 bits per heavy atom. The summed E-state index contributed by atoms with van der Waals surface area (Å²) >= 11 is 4.44. The Kier molecular flexibility index (Phi) is 5.15. The Balaban J connectivity index is 1.48. The molecule has 1 atom stereocenters. The number of para-hydroxylation sites is 1. The first-order valence-corrected chi connectivity index (χ1v) is 10.0. The Hall–Kier alpha value is -2.71. The van der Waals surface area contributed by atoms with Gasteiger partial charge >= 0.3 is 5.63 Å². The predicted octanol–water partition coefficient (Wildman–Crippen LogP) is 3.97. The van der Waals surface area contributed by atoms with Gasteiger partial charge in [0.05, 0.1) is 5.56 Å². The van der Waals surface area contributed by atoms with Crippen molar-refractivity contribution < 1.29 is 14.0 Å². The quantitative estimate of drug-likeness (QED) is 0.599. The lowest BCUT2D eigenvalue weighted by Crippen LogP contribution is -2.21. The van der Waals surface area contributed by atoms with Crippen molar-refractivity contribution in [1.29, 1.82) is 0 Å². The monoisotopic (exact) mass is 456 g/mol. The van der Waals surface area contributed by atoms with Gasteiger partial charge in [0.15, 0.2) is 0 Å². The zero-order valence-corrected chi connectivity index (χ0v) is 16.7. The van der Waals surface area contributed by atoms with E-state index in [1.165, 1.54) is 0 Å². The van der Waals surface area contributed by atoms with Gasteiger partial charge in [-0.15, -0.1) is 0 Å². The van der Waals surface area contributed by atoms with Crippen LogP contribution in [-0.4, -0.2) is 22.1 Å². The van der Waals surface area contributed by atoms with E-state index in [0.29, 0.717) is 11.3 Å². The average Bonchev–Trinajstić information content (AvgIpc) is 3.03. The predicted molar refractivity (Wildman–Crippen MR) is 113 cm³/mol. The molecule has 1 aliphatic rings. The Labute approximate surface area is 172 Å². The molecule has 2 amide bonds. The molecule has 2 aromatic carbocycles. The van der Waals surface area contributed by atoms with E-state index in [9.17, 15) is 14.4 Å². The average molecular weight is 457 g/mol. The van der Waals surface area contributed by atoms with Crippen LogP contribution in [-0.2, 0) is 9.59 Å². The van der Waals surface area contributed by atoms with Crippen LogP contribution in [0.5, 0.6) is 0 Å². The van der Waals surface area contributed by atoms with E-state index in [2.05, 4.69) is 26.2 Å². The number of nitrogens with one attached hydrogen (secondary N) is 1. The fourth-order valence-corrected chi connectivity index (χ4v) is 4.09. The number of anilines is 1. The molecule has 3 aromatic rings. The molecule has 0 saturated carbocycles. The van der Waals surface area contributed by atoms with E-state index in [-0.39, 0.29) is 22.9 Å². The third-order valence-electron chi connectivity index (χ3n) is 4.11. The molecule has 140 valence electrons. The standard InChI is InChI=1S/C20H13BrN2O4S/c21-12-5-7-13(8-6-12)22-17(24)10-16-18(25)23-19(28-16)14-9-11-3-1-2-4-15(11)27-20(14)26/h1-9,16H,10H2,(H,22,24). The van der Waals surface area contributed by atoms with Crippen LogP contribution >= 0.6 is 27.7 Å². The van der Waals surface area contributed by atoms with Gasteiger partial charge in [-0.05, 0) is 36.4 Å². The van der Waals surface area contributed by atoms with Crippen LogP contribution in [0.15, 0.2) is 73.3 Å². The minimum atomic E-state index is -0.670. The highest BCUT2D eigenvalue weighted by Gasteiger charge is 2.32.